The van der Waals surface area contributed by atoms with E-state index in [9.17, 15) is 19.1 Å². The van der Waals surface area contributed by atoms with Gasteiger partial charge in [-0.2, -0.15) is 5.10 Å². The van der Waals surface area contributed by atoms with E-state index < -0.39 is 22.6 Å². The Hall–Kier alpha value is -2.93. The topological polar surface area (TPSA) is 84.7 Å². The minimum Gasteiger partial charge on any atom is -0.476 e. The number of anilines is 1. The van der Waals surface area contributed by atoms with Crippen LogP contribution >= 0.6 is 9.24 Å². The molecule has 10 heteroatoms. The predicted octanol–water partition coefficient (Wildman–Crippen LogP) is 3.08. The van der Waals surface area contributed by atoms with Crippen LogP contribution in [0.5, 0.6) is 5.75 Å². The Kier molecular flexibility index (Phi) is 5.71. The van der Waals surface area contributed by atoms with E-state index in [1.54, 1.807) is 27.4 Å². The van der Waals surface area contributed by atoms with Crippen LogP contribution < -0.4 is 15.1 Å². The van der Waals surface area contributed by atoms with E-state index in [2.05, 4.69) is 10.00 Å². The van der Waals surface area contributed by atoms with Crippen LogP contribution in [0, 0.1) is 0 Å². The molecule has 2 heterocycles. The predicted molar refractivity (Wildman–Crippen MR) is 120 cm³/mol. The number of nitrogens with zero attached hydrogens (tertiary/aromatic N) is 3. The van der Waals surface area contributed by atoms with Crippen LogP contribution in [0.1, 0.15) is 29.8 Å². The number of rotatable bonds is 5. The Labute approximate surface area is 181 Å². The Balaban J connectivity index is 1.90. The second-order valence-electron chi connectivity index (χ2n) is 7.41. The maximum atomic E-state index is 13.5. The molecule has 0 spiro atoms. The van der Waals surface area contributed by atoms with Crippen molar-refractivity contribution in [2.75, 3.05) is 18.0 Å². The van der Waals surface area contributed by atoms with Gasteiger partial charge in [0, 0.05) is 13.1 Å². The average Bonchev–Trinajstić information content (AvgIpc) is 2.74. The van der Waals surface area contributed by atoms with Crippen LogP contribution in [0.4, 0.5) is 10.1 Å². The summed E-state index contributed by atoms with van der Waals surface area (Å²) in [4.78, 5) is 27.0. The van der Waals surface area contributed by atoms with Gasteiger partial charge in [0.25, 0.3) is 0 Å². The number of halogens is 1. The number of piperidine rings is 1. The van der Waals surface area contributed by atoms with Crippen LogP contribution in [0.2, 0.25) is 0 Å². The lowest BCUT2D eigenvalue weighted by atomic mass is 10.1. The largest absolute Gasteiger partial charge is 0.476 e. The molecule has 0 aliphatic carbocycles. The summed E-state index contributed by atoms with van der Waals surface area (Å²) in [6.45, 7) is 1.60. The number of aromatic nitrogens is 2. The molecule has 1 saturated heterocycles. The molecule has 3 aromatic rings. The van der Waals surface area contributed by atoms with Gasteiger partial charge in [0.05, 0.1) is 22.3 Å². The maximum absolute atomic E-state index is 13.5. The van der Waals surface area contributed by atoms with Crippen molar-refractivity contribution in [2.24, 2.45) is 0 Å². The molecule has 1 N–H and O–H groups in total. The van der Waals surface area contributed by atoms with Crippen LogP contribution in [0.25, 0.3) is 16.6 Å². The van der Waals surface area contributed by atoms with E-state index in [1.165, 1.54) is 16.8 Å². The highest BCUT2D eigenvalue weighted by Gasteiger charge is 2.23. The molecule has 2 unspecified atom stereocenters. The Bertz CT molecular complexity index is 1190. The van der Waals surface area contributed by atoms with Crippen LogP contribution in [0.15, 0.2) is 47.3 Å². The Morgan fingerprint density at radius 3 is 2.45 bits per heavy atom. The number of ether oxygens (including phenoxy) is 1. The third kappa shape index (κ3) is 4.42. The fraction of sp³-hybridized carbons (Fsp3) is 0.286. The summed E-state index contributed by atoms with van der Waals surface area (Å²) in [7, 11) is 6.94. The third-order valence-corrected chi connectivity index (χ3v) is 5.26. The van der Waals surface area contributed by atoms with Gasteiger partial charge in [-0.15, -0.1) is 0 Å². The van der Waals surface area contributed by atoms with Gasteiger partial charge in [0.1, 0.15) is 5.75 Å². The zero-order valence-electron chi connectivity index (χ0n) is 16.6. The van der Waals surface area contributed by atoms with Crippen LogP contribution in [-0.2, 0) is 0 Å². The van der Waals surface area contributed by atoms with Crippen molar-refractivity contribution >= 4 is 39.6 Å². The summed E-state index contributed by atoms with van der Waals surface area (Å²) in [5.41, 5.74) is -1.92. The van der Waals surface area contributed by atoms with Gasteiger partial charge in [-0.3, -0.25) is 4.79 Å². The first-order valence-electron chi connectivity index (χ1n) is 9.85. The average molecular weight is 439 g/mol. The number of benzene rings is 2. The smallest absolute Gasteiger partial charge is 0.360 e. The molecule has 2 radical (unpaired) electrons. The van der Waals surface area contributed by atoms with Gasteiger partial charge in [-0.25, -0.2) is 13.9 Å². The highest BCUT2D eigenvalue weighted by Crippen LogP contribution is 2.29. The molecule has 1 aromatic heterocycles. The van der Waals surface area contributed by atoms with Gasteiger partial charge in [-0.1, -0.05) is 15.3 Å². The van der Waals surface area contributed by atoms with E-state index in [0.29, 0.717) is 22.3 Å². The van der Waals surface area contributed by atoms with Crippen molar-refractivity contribution in [1.82, 2.24) is 9.78 Å². The van der Waals surface area contributed by atoms with Crippen molar-refractivity contribution in [1.29, 1.82) is 0 Å². The summed E-state index contributed by atoms with van der Waals surface area (Å²) in [5.74, 6) is -1.22. The molecule has 0 amide bonds. The third-order valence-electron chi connectivity index (χ3n) is 5.15. The molecule has 31 heavy (non-hydrogen) atoms. The van der Waals surface area contributed by atoms with Crippen molar-refractivity contribution in [3.05, 3.63) is 58.4 Å². The molecule has 1 fully saturated rings. The van der Waals surface area contributed by atoms with E-state index in [1.807, 2.05) is 12.1 Å². The van der Waals surface area contributed by atoms with Crippen molar-refractivity contribution in [3.63, 3.8) is 0 Å². The zero-order valence-corrected chi connectivity index (χ0v) is 17.8. The number of carboxylic acid groups (broad SMARTS) is 1. The standard InChI is InChI=1S/C21H20BFN3O4P/c22-21(23,31)30-14-9-7-13(8-10-14)26-16-6-4-5-15(25-11-2-1-3-12-25)17(16)19(27)18(24-26)20(28)29/h4-10H,1-3,11-12,31H2,(H,28,29). The van der Waals surface area contributed by atoms with Crippen LogP contribution in [-0.4, -0.2) is 47.3 Å². The molecule has 7 nitrogen and oxygen atoms in total. The first-order chi connectivity index (χ1) is 14.7. The van der Waals surface area contributed by atoms with Crippen molar-refractivity contribution < 1.29 is 19.0 Å². The lowest BCUT2D eigenvalue weighted by molar-refractivity contribution is 0.0687. The maximum Gasteiger partial charge on any atom is 0.360 e. The molecular formula is C21H20BFN3O4P. The van der Waals surface area contributed by atoms with Gasteiger partial charge in [0.2, 0.25) is 16.6 Å². The van der Waals surface area contributed by atoms with E-state index in [4.69, 9.17) is 12.6 Å². The molecule has 2 aromatic carbocycles. The molecule has 4 rings (SSSR count). The normalized spacial score (nSPS) is 16.1. The number of alkyl halides is 1. The Morgan fingerprint density at radius 2 is 1.84 bits per heavy atom. The summed E-state index contributed by atoms with van der Waals surface area (Å²) < 4.78 is 19.9. The number of fused-ring (bicyclic) bond motifs is 1. The van der Waals surface area contributed by atoms with Crippen molar-refractivity contribution in [2.45, 2.75) is 24.8 Å². The molecule has 1 aliphatic rings. The first-order valence-corrected chi connectivity index (χ1v) is 10.4. The number of carbonyl (C=O) groups is 1. The summed E-state index contributed by atoms with van der Waals surface area (Å²) >= 11 is 0. The van der Waals surface area contributed by atoms with E-state index in [0.717, 1.165) is 32.4 Å². The van der Waals surface area contributed by atoms with E-state index in [-0.39, 0.29) is 5.75 Å². The van der Waals surface area contributed by atoms with Gasteiger partial charge >= 0.3 is 5.97 Å². The van der Waals surface area contributed by atoms with Crippen molar-refractivity contribution in [3.8, 4) is 11.4 Å². The fourth-order valence-corrected chi connectivity index (χ4v) is 3.96. The highest BCUT2D eigenvalue weighted by molar-refractivity contribution is 7.21. The minimum atomic E-state index is -2.41. The first kappa shape index (κ1) is 21.3. The fourth-order valence-electron chi connectivity index (χ4n) is 3.83. The number of aromatic carboxylic acids is 1. The molecular weight excluding hydrogens is 419 g/mol. The molecule has 2 atom stereocenters. The molecule has 0 bridgehead atoms. The molecule has 1 aliphatic heterocycles. The number of hydrogen-bond acceptors (Lipinski definition) is 5. The Morgan fingerprint density at radius 1 is 1.16 bits per heavy atom. The molecule has 158 valence electrons. The van der Waals surface area contributed by atoms with Gasteiger partial charge in [-0.05, 0) is 55.7 Å². The lowest BCUT2D eigenvalue weighted by Gasteiger charge is -2.30. The van der Waals surface area contributed by atoms with Gasteiger partial charge < -0.3 is 14.7 Å². The highest BCUT2D eigenvalue weighted by atomic mass is 31.0. The van der Waals surface area contributed by atoms with E-state index >= 15 is 0 Å². The zero-order chi connectivity index (χ0) is 22.2. The second kappa shape index (κ2) is 8.31. The summed E-state index contributed by atoms with van der Waals surface area (Å²) in [5, 5.41) is 14.0. The number of carboxylic acids is 1. The van der Waals surface area contributed by atoms with Crippen LogP contribution in [0.3, 0.4) is 0 Å². The van der Waals surface area contributed by atoms with Gasteiger partial charge in [0.15, 0.2) is 7.85 Å². The minimum absolute atomic E-state index is 0.182. The second-order valence-corrected chi connectivity index (χ2v) is 8.19. The molecule has 0 saturated carbocycles. The summed E-state index contributed by atoms with van der Waals surface area (Å²) in [6.07, 6.45) is 3.15. The quantitative estimate of drug-likeness (QED) is 0.486. The monoisotopic (exact) mass is 439 g/mol. The lowest BCUT2D eigenvalue weighted by Crippen LogP contribution is -2.31. The summed E-state index contributed by atoms with van der Waals surface area (Å²) in [6, 6.07) is 11.5. The number of hydrogen-bond donors (Lipinski definition) is 1. The SMILES string of the molecule is [B]C(F)(P)Oc1ccc(-n2nc(C(=O)O)c(=O)c3c(N4CCCCC4)cccc32)cc1.